The molecule has 3 nitrogen and oxygen atoms in total. The number of furan rings is 1. The summed E-state index contributed by atoms with van der Waals surface area (Å²) in [5, 5.41) is 9.09. The average molecular weight is 234 g/mol. The van der Waals surface area contributed by atoms with E-state index in [1.165, 1.54) is 0 Å². The molecule has 0 saturated carbocycles. The molecule has 0 aliphatic rings. The van der Waals surface area contributed by atoms with Gasteiger partial charge in [-0.1, -0.05) is 11.6 Å². The summed E-state index contributed by atoms with van der Waals surface area (Å²) in [4.78, 5) is 0. The number of ether oxygens (including phenoxy) is 1. The van der Waals surface area contributed by atoms with Crippen molar-refractivity contribution in [1.82, 2.24) is 0 Å². The number of rotatable bonds is 3. The van der Waals surface area contributed by atoms with Gasteiger partial charge in [0.1, 0.15) is 24.2 Å². The van der Waals surface area contributed by atoms with Gasteiger partial charge in [0.15, 0.2) is 0 Å². The minimum Gasteiger partial charge on any atom is -0.486 e. The van der Waals surface area contributed by atoms with Crippen LogP contribution in [-0.4, -0.2) is 0 Å². The van der Waals surface area contributed by atoms with E-state index in [2.05, 4.69) is 0 Å². The van der Waals surface area contributed by atoms with Gasteiger partial charge in [-0.05, 0) is 24.3 Å². The van der Waals surface area contributed by atoms with Crippen LogP contribution in [0.5, 0.6) is 5.75 Å². The zero-order valence-corrected chi connectivity index (χ0v) is 9.07. The highest BCUT2D eigenvalue weighted by atomic mass is 35.5. The van der Waals surface area contributed by atoms with Gasteiger partial charge in [-0.2, -0.15) is 5.26 Å². The van der Waals surface area contributed by atoms with Crippen molar-refractivity contribution < 1.29 is 9.15 Å². The fourth-order valence-corrected chi connectivity index (χ4v) is 1.44. The van der Waals surface area contributed by atoms with Crippen LogP contribution in [0.3, 0.4) is 0 Å². The Morgan fingerprint density at radius 1 is 1.38 bits per heavy atom. The quantitative estimate of drug-likeness (QED) is 0.816. The molecular formula is C12H8ClNO2. The van der Waals surface area contributed by atoms with Gasteiger partial charge < -0.3 is 9.15 Å². The molecule has 0 bridgehead atoms. The van der Waals surface area contributed by atoms with Crippen LogP contribution in [0.25, 0.3) is 0 Å². The van der Waals surface area contributed by atoms with Gasteiger partial charge in [-0.3, -0.25) is 0 Å². The van der Waals surface area contributed by atoms with Crippen LogP contribution in [0.1, 0.15) is 11.3 Å². The third-order valence-electron chi connectivity index (χ3n) is 2.02. The minimum absolute atomic E-state index is 0.342. The zero-order chi connectivity index (χ0) is 11.4. The van der Waals surface area contributed by atoms with Crippen molar-refractivity contribution in [2.75, 3.05) is 0 Å². The van der Waals surface area contributed by atoms with Crippen LogP contribution < -0.4 is 4.74 Å². The van der Waals surface area contributed by atoms with Crippen molar-refractivity contribution in [3.05, 3.63) is 52.9 Å². The molecule has 16 heavy (non-hydrogen) atoms. The lowest BCUT2D eigenvalue weighted by molar-refractivity contribution is 0.270. The van der Waals surface area contributed by atoms with Crippen molar-refractivity contribution in [2.24, 2.45) is 0 Å². The zero-order valence-electron chi connectivity index (χ0n) is 8.31. The largest absolute Gasteiger partial charge is 0.486 e. The first-order valence-electron chi connectivity index (χ1n) is 4.64. The monoisotopic (exact) mass is 233 g/mol. The van der Waals surface area contributed by atoms with E-state index in [0.29, 0.717) is 22.9 Å². The summed E-state index contributed by atoms with van der Waals surface area (Å²) in [5.74, 6) is 1.35. The molecule has 0 fully saturated rings. The van der Waals surface area contributed by atoms with E-state index in [1.54, 1.807) is 30.5 Å². The Morgan fingerprint density at radius 2 is 2.25 bits per heavy atom. The van der Waals surface area contributed by atoms with E-state index < -0.39 is 0 Å². The molecule has 0 aliphatic heterocycles. The van der Waals surface area contributed by atoms with Crippen LogP contribution in [-0.2, 0) is 6.61 Å². The summed E-state index contributed by atoms with van der Waals surface area (Å²) < 4.78 is 10.6. The summed E-state index contributed by atoms with van der Waals surface area (Å²) >= 11 is 5.86. The van der Waals surface area contributed by atoms with Gasteiger partial charge in [-0.25, -0.2) is 0 Å². The summed E-state index contributed by atoms with van der Waals surface area (Å²) in [7, 11) is 0. The highest BCUT2D eigenvalue weighted by molar-refractivity contribution is 6.31. The van der Waals surface area contributed by atoms with Crippen LogP contribution in [0.4, 0.5) is 0 Å². The SMILES string of the molecule is N#Cc1ccc(OCc2ccco2)cc1Cl. The summed E-state index contributed by atoms with van der Waals surface area (Å²) in [6, 6.07) is 10.5. The molecule has 0 amide bonds. The van der Waals surface area contributed by atoms with Crippen LogP contribution >= 0.6 is 11.6 Å². The van der Waals surface area contributed by atoms with Gasteiger partial charge in [0.05, 0.1) is 16.8 Å². The average Bonchev–Trinajstić information content (AvgIpc) is 2.79. The Balaban J connectivity index is 2.06. The van der Waals surface area contributed by atoms with E-state index >= 15 is 0 Å². The highest BCUT2D eigenvalue weighted by Crippen LogP contribution is 2.22. The molecule has 0 spiro atoms. The summed E-state index contributed by atoms with van der Waals surface area (Å²) in [5.41, 5.74) is 0.437. The number of hydrogen-bond donors (Lipinski definition) is 0. The van der Waals surface area contributed by atoms with Crippen LogP contribution in [0.15, 0.2) is 41.0 Å². The molecule has 4 heteroatoms. The van der Waals surface area contributed by atoms with E-state index in [4.69, 9.17) is 26.0 Å². The molecule has 0 saturated heterocycles. The maximum absolute atomic E-state index is 8.70. The number of halogens is 1. The van der Waals surface area contributed by atoms with Gasteiger partial charge in [-0.15, -0.1) is 0 Å². The third-order valence-corrected chi connectivity index (χ3v) is 2.33. The van der Waals surface area contributed by atoms with Gasteiger partial charge in [0.2, 0.25) is 0 Å². The first-order valence-corrected chi connectivity index (χ1v) is 5.02. The molecular weight excluding hydrogens is 226 g/mol. The molecule has 0 atom stereocenters. The molecule has 0 aliphatic carbocycles. The number of nitrogens with zero attached hydrogens (tertiary/aromatic N) is 1. The van der Waals surface area contributed by atoms with Crippen molar-refractivity contribution in [3.63, 3.8) is 0 Å². The fourth-order valence-electron chi connectivity index (χ4n) is 1.23. The lowest BCUT2D eigenvalue weighted by Gasteiger charge is -2.04. The Morgan fingerprint density at radius 3 is 2.88 bits per heavy atom. The first kappa shape index (κ1) is 10.6. The predicted molar refractivity (Wildman–Crippen MR) is 59.2 cm³/mol. The van der Waals surface area contributed by atoms with E-state index in [9.17, 15) is 0 Å². The molecule has 0 radical (unpaired) electrons. The molecule has 1 aromatic heterocycles. The van der Waals surface area contributed by atoms with E-state index in [-0.39, 0.29) is 0 Å². The number of nitriles is 1. The first-order chi connectivity index (χ1) is 7.79. The van der Waals surface area contributed by atoms with Crippen molar-refractivity contribution in [1.29, 1.82) is 5.26 Å². The summed E-state index contributed by atoms with van der Waals surface area (Å²) in [6.07, 6.45) is 1.59. The van der Waals surface area contributed by atoms with Gasteiger partial charge in [0.25, 0.3) is 0 Å². The maximum atomic E-state index is 8.70. The Labute approximate surface area is 97.8 Å². The smallest absolute Gasteiger partial charge is 0.146 e. The van der Waals surface area contributed by atoms with Crippen LogP contribution in [0.2, 0.25) is 5.02 Å². The third kappa shape index (κ3) is 2.36. The lowest BCUT2D eigenvalue weighted by atomic mass is 10.2. The fraction of sp³-hybridized carbons (Fsp3) is 0.0833. The lowest BCUT2D eigenvalue weighted by Crippen LogP contribution is -1.93. The second-order valence-electron chi connectivity index (χ2n) is 3.12. The maximum Gasteiger partial charge on any atom is 0.146 e. The van der Waals surface area contributed by atoms with Crippen molar-refractivity contribution >= 4 is 11.6 Å². The Bertz CT molecular complexity index is 514. The van der Waals surface area contributed by atoms with Crippen LogP contribution in [0, 0.1) is 11.3 Å². The number of benzene rings is 1. The predicted octanol–water partition coefficient (Wildman–Crippen LogP) is 3.38. The topological polar surface area (TPSA) is 46.2 Å². The summed E-state index contributed by atoms with van der Waals surface area (Å²) in [6.45, 7) is 0.342. The van der Waals surface area contributed by atoms with E-state index in [0.717, 1.165) is 5.76 Å². The van der Waals surface area contributed by atoms with Crippen molar-refractivity contribution in [2.45, 2.75) is 6.61 Å². The number of hydrogen-bond acceptors (Lipinski definition) is 3. The second-order valence-corrected chi connectivity index (χ2v) is 3.53. The van der Waals surface area contributed by atoms with Crippen molar-refractivity contribution in [3.8, 4) is 11.8 Å². The molecule has 1 heterocycles. The molecule has 0 N–H and O–H groups in total. The molecule has 80 valence electrons. The Hall–Kier alpha value is -1.92. The second kappa shape index (κ2) is 4.73. The molecule has 1 aromatic carbocycles. The van der Waals surface area contributed by atoms with E-state index in [1.807, 2.05) is 12.1 Å². The molecule has 0 unspecified atom stereocenters. The standard InChI is InChI=1S/C12H8ClNO2/c13-12-6-10(4-3-9(12)7-14)16-8-11-2-1-5-15-11/h1-6H,8H2. The molecule has 2 rings (SSSR count). The normalized spacial score (nSPS) is 9.75. The molecule has 2 aromatic rings. The Kier molecular flexibility index (Phi) is 3.13. The minimum atomic E-state index is 0.342. The van der Waals surface area contributed by atoms with Gasteiger partial charge >= 0.3 is 0 Å². The van der Waals surface area contributed by atoms with Gasteiger partial charge in [0, 0.05) is 6.07 Å². The highest BCUT2D eigenvalue weighted by Gasteiger charge is 2.02.